The molecular formula is C32H41N3O6. The number of rotatable bonds is 3. The highest BCUT2D eigenvalue weighted by atomic mass is 16.5. The molecule has 3 aliphatic heterocycles. The van der Waals surface area contributed by atoms with Crippen LogP contribution in [0.2, 0.25) is 0 Å². The number of ether oxygens (including phenoxy) is 2. The lowest BCUT2D eigenvalue weighted by Gasteiger charge is -2.34. The summed E-state index contributed by atoms with van der Waals surface area (Å²) in [5, 5.41) is 27.2. The Bertz CT molecular complexity index is 1250. The fourth-order valence-electron chi connectivity index (χ4n) is 6.91. The minimum atomic E-state index is -0.644. The summed E-state index contributed by atoms with van der Waals surface area (Å²) in [6.07, 6.45) is 5.90. The highest BCUT2D eigenvalue weighted by Crippen LogP contribution is 2.37. The predicted molar refractivity (Wildman–Crippen MR) is 153 cm³/mol. The van der Waals surface area contributed by atoms with Gasteiger partial charge in [0.25, 0.3) is 5.91 Å². The summed E-state index contributed by atoms with van der Waals surface area (Å²) in [5.74, 6) is 0.868. The van der Waals surface area contributed by atoms with Crippen LogP contribution in [0.25, 0.3) is 0 Å². The van der Waals surface area contributed by atoms with Gasteiger partial charge in [-0.3, -0.25) is 14.5 Å². The van der Waals surface area contributed by atoms with Crippen molar-refractivity contribution in [3.8, 4) is 11.5 Å². The van der Waals surface area contributed by atoms with Crippen molar-refractivity contribution in [2.75, 3.05) is 19.7 Å². The van der Waals surface area contributed by atoms with E-state index in [1.54, 1.807) is 12.1 Å². The number of hydrogen-bond acceptors (Lipinski definition) is 7. The number of phenols is 1. The third-order valence-electron chi connectivity index (χ3n) is 9.24. The first-order chi connectivity index (χ1) is 19.9. The van der Waals surface area contributed by atoms with Crippen LogP contribution >= 0.6 is 0 Å². The molecule has 4 bridgehead atoms. The lowest BCUT2D eigenvalue weighted by molar-refractivity contribution is -0.133. The molecule has 41 heavy (non-hydrogen) atoms. The zero-order valence-electron chi connectivity index (χ0n) is 23.5. The molecule has 9 nitrogen and oxygen atoms in total. The van der Waals surface area contributed by atoms with Gasteiger partial charge in [-0.1, -0.05) is 37.1 Å². The molecule has 5 atom stereocenters. The first kappa shape index (κ1) is 28.0. The summed E-state index contributed by atoms with van der Waals surface area (Å²) in [5.41, 5.74) is 2.43. The summed E-state index contributed by atoms with van der Waals surface area (Å²) in [4.78, 5) is 29.1. The van der Waals surface area contributed by atoms with Crippen molar-refractivity contribution in [3.63, 3.8) is 0 Å². The Morgan fingerprint density at radius 3 is 2.66 bits per heavy atom. The summed E-state index contributed by atoms with van der Waals surface area (Å²) in [7, 11) is 0. The van der Waals surface area contributed by atoms with Gasteiger partial charge in [-0.2, -0.15) is 0 Å². The van der Waals surface area contributed by atoms with E-state index in [0.29, 0.717) is 62.6 Å². The zero-order chi connectivity index (χ0) is 28.3. The number of likely N-dealkylation sites (tertiary alicyclic amines) is 1. The van der Waals surface area contributed by atoms with Crippen molar-refractivity contribution in [2.45, 2.75) is 94.2 Å². The number of hydrogen-bond donors (Lipinski definition) is 4. The molecule has 4 N–H and O–H groups in total. The monoisotopic (exact) mass is 563 g/mol. The van der Waals surface area contributed by atoms with Gasteiger partial charge in [0.1, 0.15) is 17.6 Å². The quantitative estimate of drug-likeness (QED) is 0.453. The van der Waals surface area contributed by atoms with Gasteiger partial charge in [0, 0.05) is 37.7 Å². The van der Waals surface area contributed by atoms with E-state index in [0.717, 1.165) is 18.4 Å². The van der Waals surface area contributed by atoms with Crippen LogP contribution in [0, 0.1) is 0 Å². The largest absolute Gasteiger partial charge is 0.508 e. The number of aromatic hydroxyl groups is 1. The third-order valence-corrected chi connectivity index (χ3v) is 9.24. The molecule has 2 aromatic carbocycles. The predicted octanol–water partition coefficient (Wildman–Crippen LogP) is 3.23. The SMILES string of the molecule is O=C1N[C@H]2C[C@@H](C(=O)NC[C@H]3O[C@H](CCOc4cc(C5CCCC5)ccc41)CC[C@@H]3O)N(Cc1ccccc1O)C2. The van der Waals surface area contributed by atoms with Gasteiger partial charge >= 0.3 is 0 Å². The maximum Gasteiger partial charge on any atom is 0.255 e. The van der Waals surface area contributed by atoms with Crippen LogP contribution in [0.15, 0.2) is 42.5 Å². The highest BCUT2D eigenvalue weighted by molar-refractivity contribution is 5.97. The Morgan fingerprint density at radius 2 is 1.83 bits per heavy atom. The molecule has 3 heterocycles. The summed E-state index contributed by atoms with van der Waals surface area (Å²) < 4.78 is 12.5. The van der Waals surface area contributed by atoms with Crippen molar-refractivity contribution in [1.82, 2.24) is 15.5 Å². The molecular weight excluding hydrogens is 522 g/mol. The molecule has 6 rings (SSSR count). The van der Waals surface area contributed by atoms with Crippen molar-refractivity contribution in [1.29, 1.82) is 0 Å². The van der Waals surface area contributed by atoms with E-state index in [-0.39, 0.29) is 36.3 Å². The molecule has 4 aliphatic rings. The van der Waals surface area contributed by atoms with Gasteiger partial charge in [-0.25, -0.2) is 0 Å². The maximum atomic E-state index is 13.6. The van der Waals surface area contributed by atoms with Crippen LogP contribution in [0.4, 0.5) is 0 Å². The van der Waals surface area contributed by atoms with Crippen LogP contribution in [0.1, 0.15) is 78.8 Å². The number of aliphatic hydroxyl groups excluding tert-OH is 1. The number of nitrogens with one attached hydrogen (secondary N) is 2. The lowest BCUT2D eigenvalue weighted by Crippen LogP contribution is -2.50. The Labute approximate surface area is 241 Å². The van der Waals surface area contributed by atoms with Crippen LogP contribution < -0.4 is 15.4 Å². The number of para-hydroxylation sites is 1. The summed E-state index contributed by atoms with van der Waals surface area (Å²) in [6, 6.07) is 12.3. The molecule has 2 amide bonds. The molecule has 2 aromatic rings. The van der Waals surface area contributed by atoms with E-state index < -0.39 is 18.2 Å². The van der Waals surface area contributed by atoms with Crippen LogP contribution in [-0.4, -0.2) is 77.0 Å². The second-order valence-corrected chi connectivity index (χ2v) is 12.0. The van der Waals surface area contributed by atoms with Crippen molar-refractivity contribution in [2.24, 2.45) is 0 Å². The van der Waals surface area contributed by atoms with Crippen molar-refractivity contribution in [3.05, 3.63) is 59.2 Å². The van der Waals surface area contributed by atoms with E-state index in [1.165, 1.54) is 18.4 Å². The average molecular weight is 564 g/mol. The maximum absolute atomic E-state index is 13.6. The van der Waals surface area contributed by atoms with E-state index in [2.05, 4.69) is 16.7 Å². The van der Waals surface area contributed by atoms with E-state index in [4.69, 9.17) is 9.47 Å². The molecule has 0 aromatic heterocycles. The third kappa shape index (κ3) is 6.37. The van der Waals surface area contributed by atoms with Gasteiger partial charge in [0.2, 0.25) is 5.91 Å². The number of carbonyl (C=O) groups excluding carboxylic acids is 2. The number of aliphatic hydroxyl groups is 1. The number of nitrogens with zero attached hydrogens (tertiary/aromatic N) is 1. The molecule has 1 aliphatic carbocycles. The Morgan fingerprint density at radius 1 is 1.00 bits per heavy atom. The molecule has 2 saturated heterocycles. The standard InChI is InChI=1S/C32H41N3O6/c36-27-8-4-3-7-22(27)18-35-19-23-16-26(35)32(39)33-17-30-28(37)12-10-24(41-30)13-14-40-29-15-21(20-5-1-2-6-20)9-11-25(29)31(38)34-23/h3-4,7-9,11,15,20,23-24,26,28,30,36-37H,1-2,5-6,10,12-14,16-19H2,(H,33,39)(H,34,38)/t23-,24-,26-,28-,30+/m0/s1. The lowest BCUT2D eigenvalue weighted by atomic mass is 9.95. The van der Waals surface area contributed by atoms with Gasteiger partial charge in [0.05, 0.1) is 30.4 Å². The molecule has 220 valence electrons. The molecule has 0 spiro atoms. The zero-order valence-corrected chi connectivity index (χ0v) is 23.5. The Hall–Kier alpha value is -3.14. The second kappa shape index (κ2) is 12.4. The Kier molecular flexibility index (Phi) is 8.46. The fraction of sp³-hybridized carbons (Fsp3) is 0.562. The smallest absolute Gasteiger partial charge is 0.255 e. The topological polar surface area (TPSA) is 120 Å². The van der Waals surface area contributed by atoms with E-state index >= 15 is 0 Å². The van der Waals surface area contributed by atoms with Crippen molar-refractivity contribution < 1.29 is 29.3 Å². The van der Waals surface area contributed by atoms with Crippen LogP contribution in [0.3, 0.4) is 0 Å². The molecule has 0 radical (unpaired) electrons. The Balaban J connectivity index is 1.28. The van der Waals surface area contributed by atoms with Crippen molar-refractivity contribution >= 4 is 11.8 Å². The number of carbonyl (C=O) groups is 2. The number of amides is 2. The van der Waals surface area contributed by atoms with E-state index in [9.17, 15) is 19.8 Å². The molecule has 1 saturated carbocycles. The second-order valence-electron chi connectivity index (χ2n) is 12.0. The minimum Gasteiger partial charge on any atom is -0.508 e. The van der Waals surface area contributed by atoms with Crippen LogP contribution in [0.5, 0.6) is 11.5 Å². The molecule has 0 unspecified atom stereocenters. The number of benzene rings is 2. The minimum absolute atomic E-state index is 0.100. The van der Waals surface area contributed by atoms with Gasteiger partial charge in [0.15, 0.2) is 0 Å². The summed E-state index contributed by atoms with van der Waals surface area (Å²) >= 11 is 0. The fourth-order valence-corrected chi connectivity index (χ4v) is 6.91. The number of fused-ring (bicyclic) bond motifs is 5. The first-order valence-electron chi connectivity index (χ1n) is 15.1. The molecule has 3 fully saturated rings. The highest BCUT2D eigenvalue weighted by Gasteiger charge is 2.39. The van der Waals surface area contributed by atoms with Gasteiger partial charge < -0.3 is 30.3 Å². The first-order valence-corrected chi connectivity index (χ1v) is 15.1. The van der Waals surface area contributed by atoms with E-state index in [1.807, 2.05) is 29.2 Å². The average Bonchev–Trinajstić information content (AvgIpc) is 3.64. The number of phenolic OH excluding ortho intramolecular Hbond substituents is 1. The van der Waals surface area contributed by atoms with Gasteiger partial charge in [-0.05, 0) is 61.8 Å². The summed E-state index contributed by atoms with van der Waals surface area (Å²) in [6.45, 7) is 1.43. The molecule has 9 heteroatoms. The van der Waals surface area contributed by atoms with Gasteiger partial charge in [-0.15, -0.1) is 0 Å². The normalized spacial score (nSPS) is 29.8. The van der Waals surface area contributed by atoms with Crippen LogP contribution in [-0.2, 0) is 16.1 Å².